The molecule has 0 heterocycles. The molecule has 0 bridgehead atoms. The van der Waals surface area contributed by atoms with Gasteiger partial charge in [-0.3, -0.25) is 0 Å². The molecule has 0 atom stereocenters. The Morgan fingerprint density at radius 1 is 0.944 bits per heavy atom. The molecule has 0 unspecified atom stereocenters. The zero-order chi connectivity index (χ0) is 14.1. The van der Waals surface area contributed by atoms with Gasteiger partial charge >= 0.3 is 6.10 Å². The van der Waals surface area contributed by atoms with E-state index in [1.165, 1.54) is 64.3 Å². The minimum atomic E-state index is 0.438. The van der Waals surface area contributed by atoms with Crippen LogP contribution < -0.4 is 0 Å². The van der Waals surface area contributed by atoms with Gasteiger partial charge in [-0.1, -0.05) is 58.3 Å². The summed E-state index contributed by atoms with van der Waals surface area (Å²) in [5, 5.41) is 7.58. The average Bonchev–Trinajstić information content (AvgIpc) is 2.37. The van der Waals surface area contributed by atoms with E-state index in [1.54, 1.807) is 0 Å². The molecule has 0 aliphatic heterocycles. The van der Waals surface area contributed by atoms with Crippen molar-refractivity contribution in [2.24, 2.45) is 0 Å². The van der Waals surface area contributed by atoms with E-state index in [0.717, 1.165) is 0 Å². The monoisotopic (exact) mass is 316 g/mol. The lowest BCUT2D eigenvalue weighted by Crippen LogP contribution is -2.12. The minimum Gasteiger partial charge on any atom is -0.309 e. The maximum atomic E-state index is 7.58. The van der Waals surface area contributed by atoms with Crippen molar-refractivity contribution in [3.63, 3.8) is 0 Å². The highest BCUT2D eigenvalue weighted by Gasteiger charge is 1.92. The lowest BCUT2D eigenvalue weighted by atomic mass is 10.1. The molecule has 0 aromatic heterocycles. The molecule has 0 aliphatic rings. The number of nitrogens with zero attached hydrogens (tertiary/aromatic N) is 2. The van der Waals surface area contributed by atoms with Gasteiger partial charge in [-0.05, 0) is 27.1 Å². The van der Waals surface area contributed by atoms with Crippen LogP contribution in [0.5, 0.6) is 0 Å². The Labute approximate surface area is 123 Å². The van der Waals surface area contributed by atoms with Gasteiger partial charge in [-0.25, -0.2) is 5.26 Å². The van der Waals surface area contributed by atoms with E-state index in [9.17, 15) is 0 Å². The Morgan fingerprint density at radius 3 is 1.67 bits per heavy atom. The van der Waals surface area contributed by atoms with E-state index in [4.69, 9.17) is 5.26 Å². The molecule has 0 saturated heterocycles. The molecule has 18 heavy (non-hydrogen) atoms. The second-order valence-electron chi connectivity index (χ2n) is 4.92. The fraction of sp³-hybridized carbons (Fsp3) is 0.929. The first-order valence-electron chi connectivity index (χ1n) is 7.26. The topological polar surface area (TPSA) is 27.0 Å². The summed E-state index contributed by atoms with van der Waals surface area (Å²) in [4.78, 5) is 2.28. The van der Waals surface area contributed by atoms with Crippen molar-refractivity contribution in [1.29, 1.82) is 5.26 Å². The summed E-state index contributed by atoms with van der Waals surface area (Å²) in [5.74, 6) is 1.85. The molecule has 0 radical (unpaired) electrons. The van der Waals surface area contributed by atoms with Crippen molar-refractivity contribution in [1.82, 2.24) is 4.90 Å². The van der Waals surface area contributed by atoms with Crippen LogP contribution in [-0.2, 0) is 0 Å². The summed E-state index contributed by atoms with van der Waals surface area (Å²) in [6.45, 7) is 3.54. The molecule has 2 nitrogen and oxygen atoms in total. The number of rotatable bonds is 10. The van der Waals surface area contributed by atoms with Gasteiger partial charge in [0.15, 0.2) is 0 Å². The van der Waals surface area contributed by atoms with Gasteiger partial charge in [0.2, 0.25) is 0 Å². The quantitative estimate of drug-likeness (QED) is 0.444. The van der Waals surface area contributed by atoms with Gasteiger partial charge in [0.1, 0.15) is 0 Å². The Morgan fingerprint density at radius 2 is 1.33 bits per heavy atom. The van der Waals surface area contributed by atoms with Gasteiger partial charge in [0, 0.05) is 5.97 Å². The van der Waals surface area contributed by atoms with Gasteiger partial charge in [-0.2, -0.15) is 0 Å². The Hall–Kier alpha value is -0.00506. The van der Waals surface area contributed by atoms with E-state index in [1.807, 2.05) is 5.97 Å². The maximum absolute atomic E-state index is 7.58. The van der Waals surface area contributed by atoms with E-state index in [0.29, 0.717) is 6.10 Å². The Balaban J connectivity index is 0. The predicted octanol–water partition coefficient (Wildman–Crippen LogP) is 4.29. The number of nitriles is 1. The average molecular weight is 317 g/mol. The highest BCUT2D eigenvalue weighted by molar-refractivity contribution is 9.23. The molecule has 0 amide bonds. The molecule has 0 aliphatic carbocycles. The molecule has 0 saturated carbocycles. The minimum absolute atomic E-state index is 0.438. The smallest absolute Gasteiger partial charge is 0.309 e. The van der Waals surface area contributed by atoms with Crippen molar-refractivity contribution in [2.45, 2.75) is 64.7 Å². The number of hydrogen-bond acceptors (Lipinski definition) is 2. The third-order valence-electron chi connectivity index (χ3n) is 2.77. The SMILES string of the molecule is CCCCCCCCCCCN(C)C.N#CBBr. The molecule has 0 aromatic rings. The first-order chi connectivity index (χ1) is 8.68. The fourth-order valence-corrected chi connectivity index (χ4v) is 1.74. The number of unbranched alkanes of at least 4 members (excludes halogenated alkanes) is 8. The molecule has 0 aromatic carbocycles. The Kier molecular flexibility index (Phi) is 21.8. The van der Waals surface area contributed by atoms with Crippen LogP contribution >= 0.6 is 15.8 Å². The number of halogens is 1. The second-order valence-corrected chi connectivity index (χ2v) is 5.48. The third-order valence-corrected chi connectivity index (χ3v) is 3.02. The van der Waals surface area contributed by atoms with E-state index < -0.39 is 0 Å². The Bertz CT molecular complexity index is 181. The predicted molar refractivity (Wildman–Crippen MR) is 87.5 cm³/mol. The summed E-state index contributed by atoms with van der Waals surface area (Å²) < 4.78 is 0. The number of hydrogen-bond donors (Lipinski definition) is 0. The zero-order valence-corrected chi connectivity index (χ0v) is 14.1. The van der Waals surface area contributed by atoms with Crippen molar-refractivity contribution in [3.05, 3.63) is 0 Å². The molecule has 0 N–H and O–H groups in total. The van der Waals surface area contributed by atoms with Crippen LogP contribution in [0, 0.1) is 11.2 Å². The van der Waals surface area contributed by atoms with Crippen molar-refractivity contribution in [3.8, 4) is 5.97 Å². The van der Waals surface area contributed by atoms with Crippen LogP contribution in [0.4, 0.5) is 0 Å². The first kappa shape index (κ1) is 20.3. The van der Waals surface area contributed by atoms with Crippen LogP contribution in [-0.4, -0.2) is 31.6 Å². The molecule has 0 fully saturated rings. The fourth-order valence-electron chi connectivity index (χ4n) is 1.74. The normalized spacial score (nSPS) is 9.56. The van der Waals surface area contributed by atoms with E-state index in [-0.39, 0.29) is 0 Å². The largest absolute Gasteiger partial charge is 0.326 e. The van der Waals surface area contributed by atoms with Crippen LogP contribution in [0.1, 0.15) is 64.7 Å². The lowest BCUT2D eigenvalue weighted by Gasteiger charge is -2.08. The van der Waals surface area contributed by atoms with Gasteiger partial charge < -0.3 is 4.90 Å². The van der Waals surface area contributed by atoms with Gasteiger partial charge in [0.05, 0.1) is 0 Å². The maximum Gasteiger partial charge on any atom is 0.326 e. The van der Waals surface area contributed by atoms with Crippen LogP contribution in [0.2, 0.25) is 0 Å². The summed E-state index contributed by atoms with van der Waals surface area (Å²) in [7, 11) is 4.31. The van der Waals surface area contributed by atoms with E-state index in [2.05, 4.69) is 41.7 Å². The van der Waals surface area contributed by atoms with Crippen LogP contribution in [0.15, 0.2) is 0 Å². The zero-order valence-electron chi connectivity index (χ0n) is 12.6. The highest BCUT2D eigenvalue weighted by Crippen LogP contribution is 2.09. The van der Waals surface area contributed by atoms with Crippen molar-refractivity contribution in [2.75, 3.05) is 20.6 Å². The lowest BCUT2D eigenvalue weighted by molar-refractivity contribution is 0.389. The molecule has 106 valence electrons. The molecule has 4 heteroatoms. The first-order valence-corrected chi connectivity index (χ1v) is 8.38. The van der Waals surface area contributed by atoms with Gasteiger partial charge in [0.25, 0.3) is 0 Å². The van der Waals surface area contributed by atoms with E-state index >= 15 is 0 Å². The second kappa shape index (κ2) is 19.3. The summed E-state index contributed by atoms with van der Waals surface area (Å²) >= 11 is 2.89. The van der Waals surface area contributed by atoms with Crippen molar-refractivity contribution >= 4 is 21.9 Å². The molecular formula is C14H30BBrN2. The molecular weight excluding hydrogens is 287 g/mol. The third kappa shape index (κ3) is 25.0. The molecule has 0 spiro atoms. The van der Waals surface area contributed by atoms with Crippen molar-refractivity contribution < 1.29 is 0 Å². The van der Waals surface area contributed by atoms with Crippen LogP contribution in [0.25, 0.3) is 0 Å². The van der Waals surface area contributed by atoms with Gasteiger partial charge in [-0.15, -0.1) is 15.8 Å². The van der Waals surface area contributed by atoms with Crippen LogP contribution in [0.3, 0.4) is 0 Å². The highest BCUT2D eigenvalue weighted by atomic mass is 79.9. The molecule has 0 rings (SSSR count). The summed E-state index contributed by atoms with van der Waals surface area (Å²) in [6, 6.07) is 0. The summed E-state index contributed by atoms with van der Waals surface area (Å²) in [5.41, 5.74) is 0. The summed E-state index contributed by atoms with van der Waals surface area (Å²) in [6.07, 6.45) is 13.3. The standard InChI is InChI=1S/C13H29N.CHBBrN/c1-4-5-6-7-8-9-10-11-12-13-14(2)3;3-2-1-4/h4-13H2,1-3H3;2H.